The minimum atomic E-state index is -0.202. The van der Waals surface area contributed by atoms with E-state index in [9.17, 15) is 4.79 Å². The molecule has 0 aromatic carbocycles. The number of rotatable bonds is 7. The van der Waals surface area contributed by atoms with Crippen molar-refractivity contribution in [3.63, 3.8) is 0 Å². The lowest BCUT2D eigenvalue weighted by molar-refractivity contribution is 0.211. The van der Waals surface area contributed by atoms with Crippen LogP contribution in [0.25, 0.3) is 0 Å². The third-order valence-electron chi connectivity index (χ3n) is 2.44. The summed E-state index contributed by atoms with van der Waals surface area (Å²) < 4.78 is 0. The first-order valence-corrected chi connectivity index (χ1v) is 5.82. The van der Waals surface area contributed by atoms with E-state index in [1.54, 1.807) is 0 Å². The zero-order chi connectivity index (χ0) is 12.6. The highest BCUT2D eigenvalue weighted by atomic mass is 16.3. The standard InChI is InChI=1S/C11H25N3O2/c1-5-10(8-15)13-11(16)12-9(2)6-7-14(3)4/h9-10,15H,5-8H2,1-4H3,(H2,12,13,16). The Bertz CT molecular complexity index is 194. The SMILES string of the molecule is CCC(CO)NC(=O)NC(C)CCN(C)C. The summed E-state index contributed by atoms with van der Waals surface area (Å²) in [6.45, 7) is 4.83. The molecular weight excluding hydrogens is 206 g/mol. The van der Waals surface area contributed by atoms with E-state index in [1.165, 1.54) is 0 Å². The summed E-state index contributed by atoms with van der Waals surface area (Å²) in [5, 5.41) is 14.5. The fourth-order valence-corrected chi connectivity index (χ4v) is 1.25. The van der Waals surface area contributed by atoms with Crippen LogP contribution in [0.15, 0.2) is 0 Å². The van der Waals surface area contributed by atoms with Crippen LogP contribution in [0.3, 0.4) is 0 Å². The lowest BCUT2D eigenvalue weighted by atomic mass is 10.2. The molecule has 0 heterocycles. The highest BCUT2D eigenvalue weighted by Gasteiger charge is 2.11. The van der Waals surface area contributed by atoms with Gasteiger partial charge < -0.3 is 20.6 Å². The highest BCUT2D eigenvalue weighted by molar-refractivity contribution is 5.74. The molecule has 2 unspecified atom stereocenters. The van der Waals surface area contributed by atoms with Crippen molar-refractivity contribution < 1.29 is 9.90 Å². The van der Waals surface area contributed by atoms with Crippen LogP contribution < -0.4 is 10.6 Å². The van der Waals surface area contributed by atoms with Crippen molar-refractivity contribution in [1.29, 1.82) is 0 Å². The molecule has 0 spiro atoms. The monoisotopic (exact) mass is 231 g/mol. The molecule has 3 N–H and O–H groups in total. The molecular formula is C11H25N3O2. The van der Waals surface area contributed by atoms with Gasteiger partial charge in [-0.2, -0.15) is 0 Å². The van der Waals surface area contributed by atoms with Gasteiger partial charge in [-0.05, 0) is 40.4 Å². The molecule has 0 aliphatic carbocycles. The van der Waals surface area contributed by atoms with Crippen molar-refractivity contribution in [2.45, 2.75) is 38.8 Å². The first-order valence-electron chi connectivity index (χ1n) is 5.82. The smallest absolute Gasteiger partial charge is 0.315 e. The molecule has 0 aromatic heterocycles. The molecule has 2 atom stereocenters. The van der Waals surface area contributed by atoms with Gasteiger partial charge >= 0.3 is 6.03 Å². The Morgan fingerprint density at radius 3 is 2.44 bits per heavy atom. The molecule has 5 heteroatoms. The second-order valence-electron chi connectivity index (χ2n) is 4.40. The maximum atomic E-state index is 11.5. The van der Waals surface area contributed by atoms with Crippen LogP contribution in [-0.2, 0) is 0 Å². The van der Waals surface area contributed by atoms with Crippen LogP contribution in [0.2, 0.25) is 0 Å². The Morgan fingerprint density at radius 2 is 2.00 bits per heavy atom. The quantitative estimate of drug-likeness (QED) is 0.594. The Kier molecular flexibility index (Phi) is 7.93. The summed E-state index contributed by atoms with van der Waals surface area (Å²) in [6.07, 6.45) is 1.65. The number of nitrogens with zero attached hydrogens (tertiary/aromatic N) is 1. The minimum absolute atomic E-state index is 0.0179. The number of urea groups is 1. The second kappa shape index (κ2) is 8.35. The Balaban J connectivity index is 3.77. The normalized spacial score (nSPS) is 14.6. The van der Waals surface area contributed by atoms with E-state index in [0.29, 0.717) is 0 Å². The number of aliphatic hydroxyl groups is 1. The molecule has 16 heavy (non-hydrogen) atoms. The van der Waals surface area contributed by atoms with Crippen LogP contribution >= 0.6 is 0 Å². The lowest BCUT2D eigenvalue weighted by Crippen LogP contribution is -2.47. The Labute approximate surface area is 98.2 Å². The number of carbonyl (C=O) groups is 1. The van der Waals surface area contributed by atoms with Gasteiger partial charge in [0.15, 0.2) is 0 Å². The summed E-state index contributed by atoms with van der Waals surface area (Å²) in [5.74, 6) is 0. The van der Waals surface area contributed by atoms with Gasteiger partial charge in [0.2, 0.25) is 0 Å². The summed E-state index contributed by atoms with van der Waals surface area (Å²) in [6, 6.07) is -0.216. The number of nitrogens with one attached hydrogen (secondary N) is 2. The van der Waals surface area contributed by atoms with Crippen LogP contribution in [0, 0.1) is 0 Å². The lowest BCUT2D eigenvalue weighted by Gasteiger charge is -2.19. The molecule has 5 nitrogen and oxygen atoms in total. The Morgan fingerprint density at radius 1 is 1.38 bits per heavy atom. The zero-order valence-electron chi connectivity index (χ0n) is 10.8. The summed E-state index contributed by atoms with van der Waals surface area (Å²) in [5.41, 5.74) is 0. The summed E-state index contributed by atoms with van der Waals surface area (Å²) in [7, 11) is 4.01. The molecule has 0 aliphatic heterocycles. The number of amides is 2. The minimum Gasteiger partial charge on any atom is -0.394 e. The predicted octanol–water partition coefficient (Wildman–Crippen LogP) is 0.397. The van der Waals surface area contributed by atoms with Gasteiger partial charge in [0.1, 0.15) is 0 Å². The maximum absolute atomic E-state index is 11.5. The van der Waals surface area contributed by atoms with E-state index in [2.05, 4.69) is 15.5 Å². The van der Waals surface area contributed by atoms with Gasteiger partial charge in [0.25, 0.3) is 0 Å². The number of hydrogen-bond donors (Lipinski definition) is 3. The van der Waals surface area contributed by atoms with Gasteiger partial charge in [-0.1, -0.05) is 6.92 Å². The molecule has 0 fully saturated rings. The molecule has 0 bridgehead atoms. The predicted molar refractivity (Wildman–Crippen MR) is 65.5 cm³/mol. The summed E-state index contributed by atoms with van der Waals surface area (Å²) in [4.78, 5) is 13.6. The van der Waals surface area contributed by atoms with Crippen molar-refractivity contribution in [2.75, 3.05) is 27.2 Å². The zero-order valence-corrected chi connectivity index (χ0v) is 10.8. The average Bonchev–Trinajstić information content (AvgIpc) is 2.23. The van der Waals surface area contributed by atoms with Crippen molar-refractivity contribution in [1.82, 2.24) is 15.5 Å². The topological polar surface area (TPSA) is 64.6 Å². The van der Waals surface area contributed by atoms with E-state index in [1.807, 2.05) is 27.9 Å². The van der Waals surface area contributed by atoms with Crippen LogP contribution in [0.4, 0.5) is 4.79 Å². The third-order valence-corrected chi connectivity index (χ3v) is 2.44. The van der Waals surface area contributed by atoms with Gasteiger partial charge in [-0.15, -0.1) is 0 Å². The number of hydrogen-bond acceptors (Lipinski definition) is 3. The first-order chi connectivity index (χ1) is 7.49. The fourth-order valence-electron chi connectivity index (χ4n) is 1.25. The third kappa shape index (κ3) is 7.48. The molecule has 0 radical (unpaired) electrons. The van der Waals surface area contributed by atoms with E-state index in [-0.39, 0.29) is 24.7 Å². The van der Waals surface area contributed by atoms with E-state index in [0.717, 1.165) is 19.4 Å². The Hall–Kier alpha value is -0.810. The van der Waals surface area contributed by atoms with E-state index >= 15 is 0 Å². The van der Waals surface area contributed by atoms with Gasteiger partial charge in [0.05, 0.1) is 12.6 Å². The van der Waals surface area contributed by atoms with Gasteiger partial charge in [-0.25, -0.2) is 4.79 Å². The number of aliphatic hydroxyl groups excluding tert-OH is 1. The van der Waals surface area contributed by atoms with E-state index in [4.69, 9.17) is 5.11 Å². The van der Waals surface area contributed by atoms with Crippen LogP contribution in [-0.4, -0.2) is 55.4 Å². The molecule has 0 saturated carbocycles. The van der Waals surface area contributed by atoms with Crippen LogP contribution in [0.5, 0.6) is 0 Å². The average molecular weight is 231 g/mol. The van der Waals surface area contributed by atoms with Gasteiger partial charge in [-0.3, -0.25) is 0 Å². The molecule has 2 amide bonds. The van der Waals surface area contributed by atoms with Crippen molar-refractivity contribution >= 4 is 6.03 Å². The molecule has 96 valence electrons. The van der Waals surface area contributed by atoms with Crippen molar-refractivity contribution in [3.8, 4) is 0 Å². The highest BCUT2D eigenvalue weighted by Crippen LogP contribution is 1.93. The molecule has 0 saturated heterocycles. The fraction of sp³-hybridized carbons (Fsp3) is 0.909. The van der Waals surface area contributed by atoms with Crippen LogP contribution in [0.1, 0.15) is 26.7 Å². The molecule has 0 aliphatic rings. The summed E-state index contributed by atoms with van der Waals surface area (Å²) >= 11 is 0. The second-order valence-corrected chi connectivity index (χ2v) is 4.40. The van der Waals surface area contributed by atoms with E-state index < -0.39 is 0 Å². The maximum Gasteiger partial charge on any atom is 0.315 e. The largest absolute Gasteiger partial charge is 0.394 e. The first kappa shape index (κ1) is 15.2. The van der Waals surface area contributed by atoms with Crippen molar-refractivity contribution in [3.05, 3.63) is 0 Å². The molecule has 0 rings (SSSR count). The molecule has 0 aromatic rings. The number of carbonyl (C=O) groups excluding carboxylic acids is 1. The van der Waals surface area contributed by atoms with Gasteiger partial charge in [0, 0.05) is 6.04 Å². The van der Waals surface area contributed by atoms with Crippen molar-refractivity contribution in [2.24, 2.45) is 0 Å².